The van der Waals surface area contributed by atoms with E-state index in [4.69, 9.17) is 0 Å². The predicted octanol–water partition coefficient (Wildman–Crippen LogP) is 5.64. The van der Waals surface area contributed by atoms with Crippen molar-refractivity contribution in [1.29, 1.82) is 0 Å². The van der Waals surface area contributed by atoms with Crippen LogP contribution in [0.2, 0.25) is 0 Å². The average molecular weight is 400 g/mol. The van der Waals surface area contributed by atoms with Crippen LogP contribution in [0.1, 0.15) is 73.3 Å². The average Bonchev–Trinajstić information content (AvgIpc) is 3.46. The van der Waals surface area contributed by atoms with Gasteiger partial charge in [-0.3, -0.25) is 0 Å². The molecule has 1 N–H and O–H groups in total. The van der Waals surface area contributed by atoms with Crippen molar-refractivity contribution in [1.82, 2.24) is 9.38 Å². The standard InChI is InChI=1S/C23H23F3N2O/c24-19-10-21(26)20(25)9-18(19)14-3-5-15(6-4-14)23(29)22-17(13-1-2-13)8-7-16-11-27-12-28(16)22/h7-15,23,29H,1-6H2/t14-,15-,23-/m1/s1. The van der Waals surface area contributed by atoms with Crippen LogP contribution in [0.4, 0.5) is 13.2 Å². The number of aliphatic hydroxyl groups excluding tert-OH is 1. The van der Waals surface area contributed by atoms with E-state index in [0.717, 1.165) is 30.1 Å². The summed E-state index contributed by atoms with van der Waals surface area (Å²) < 4.78 is 43.0. The van der Waals surface area contributed by atoms with Gasteiger partial charge in [-0.25, -0.2) is 18.2 Å². The molecule has 2 heterocycles. The van der Waals surface area contributed by atoms with Crippen LogP contribution in [0.15, 0.2) is 36.8 Å². The molecule has 0 aliphatic heterocycles. The first-order chi connectivity index (χ1) is 14.0. The van der Waals surface area contributed by atoms with E-state index in [-0.39, 0.29) is 17.4 Å². The lowest BCUT2D eigenvalue weighted by molar-refractivity contribution is 0.0751. The third-order valence-corrected chi connectivity index (χ3v) is 6.65. The molecule has 0 amide bonds. The smallest absolute Gasteiger partial charge is 0.161 e. The van der Waals surface area contributed by atoms with E-state index < -0.39 is 23.6 Å². The molecule has 2 aromatic heterocycles. The minimum atomic E-state index is -1.16. The molecule has 6 heteroatoms. The van der Waals surface area contributed by atoms with Crippen molar-refractivity contribution in [3.63, 3.8) is 0 Å². The zero-order valence-corrected chi connectivity index (χ0v) is 16.0. The second-order valence-corrected chi connectivity index (χ2v) is 8.48. The Bertz CT molecular complexity index is 1050. The second kappa shape index (κ2) is 7.17. The van der Waals surface area contributed by atoms with Crippen LogP contribution in [-0.2, 0) is 0 Å². The van der Waals surface area contributed by atoms with Crippen molar-refractivity contribution in [3.8, 4) is 0 Å². The summed E-state index contributed by atoms with van der Waals surface area (Å²) in [6.07, 6.45) is 7.89. The summed E-state index contributed by atoms with van der Waals surface area (Å²) in [5, 5.41) is 11.3. The number of benzene rings is 1. The third kappa shape index (κ3) is 3.33. The van der Waals surface area contributed by atoms with Crippen LogP contribution >= 0.6 is 0 Å². The summed E-state index contributed by atoms with van der Waals surface area (Å²) in [7, 11) is 0. The van der Waals surface area contributed by atoms with Crippen LogP contribution in [0.3, 0.4) is 0 Å². The van der Waals surface area contributed by atoms with Gasteiger partial charge in [0.1, 0.15) is 5.82 Å². The molecule has 2 saturated carbocycles. The molecule has 2 fully saturated rings. The number of aromatic nitrogens is 2. The fourth-order valence-corrected chi connectivity index (χ4v) is 4.90. The Kier molecular flexibility index (Phi) is 4.62. The highest BCUT2D eigenvalue weighted by atomic mass is 19.2. The van der Waals surface area contributed by atoms with Crippen LogP contribution in [-0.4, -0.2) is 14.5 Å². The number of imidazole rings is 1. The van der Waals surface area contributed by atoms with Gasteiger partial charge < -0.3 is 9.51 Å². The number of hydrogen-bond donors (Lipinski definition) is 1. The minimum absolute atomic E-state index is 0.0464. The van der Waals surface area contributed by atoms with Gasteiger partial charge in [0, 0.05) is 6.07 Å². The lowest BCUT2D eigenvalue weighted by Crippen LogP contribution is -2.23. The molecule has 0 unspecified atom stereocenters. The van der Waals surface area contributed by atoms with Crippen molar-refractivity contribution in [2.45, 2.75) is 56.5 Å². The zero-order chi connectivity index (χ0) is 20.1. The molecule has 152 valence electrons. The van der Waals surface area contributed by atoms with Crippen molar-refractivity contribution in [3.05, 3.63) is 71.1 Å². The van der Waals surface area contributed by atoms with Crippen LogP contribution in [0.5, 0.6) is 0 Å². The highest BCUT2D eigenvalue weighted by Crippen LogP contribution is 2.47. The maximum Gasteiger partial charge on any atom is 0.161 e. The van der Waals surface area contributed by atoms with Crippen molar-refractivity contribution >= 4 is 5.52 Å². The zero-order valence-electron chi connectivity index (χ0n) is 16.0. The van der Waals surface area contributed by atoms with Crippen molar-refractivity contribution in [2.24, 2.45) is 5.92 Å². The number of rotatable bonds is 4. The molecule has 29 heavy (non-hydrogen) atoms. The van der Waals surface area contributed by atoms with Crippen molar-refractivity contribution < 1.29 is 18.3 Å². The van der Waals surface area contributed by atoms with Gasteiger partial charge in [0.15, 0.2) is 11.6 Å². The molecular weight excluding hydrogens is 377 g/mol. The van der Waals surface area contributed by atoms with Crippen LogP contribution in [0, 0.1) is 23.4 Å². The molecule has 2 aliphatic carbocycles. The molecule has 0 radical (unpaired) electrons. The lowest BCUT2D eigenvalue weighted by atomic mass is 9.75. The Morgan fingerprint density at radius 2 is 1.52 bits per heavy atom. The Labute approximate surface area is 167 Å². The summed E-state index contributed by atoms with van der Waals surface area (Å²) in [6.45, 7) is 0. The summed E-state index contributed by atoms with van der Waals surface area (Å²) in [5.74, 6) is -2.46. The SMILES string of the molecule is O[C@@H](c1c(C2CC2)ccc2cncn12)[C@H]1CC[C@H](c2cc(F)c(F)cc2F)CC1. The molecule has 1 aromatic carbocycles. The monoisotopic (exact) mass is 400 g/mol. The van der Waals surface area contributed by atoms with Gasteiger partial charge >= 0.3 is 0 Å². The maximum absolute atomic E-state index is 14.2. The van der Waals surface area contributed by atoms with Crippen LogP contribution in [0.25, 0.3) is 5.52 Å². The Hall–Kier alpha value is -2.34. The van der Waals surface area contributed by atoms with E-state index in [9.17, 15) is 18.3 Å². The van der Waals surface area contributed by atoms with E-state index in [1.807, 2.05) is 10.5 Å². The predicted molar refractivity (Wildman–Crippen MR) is 103 cm³/mol. The van der Waals surface area contributed by atoms with Gasteiger partial charge in [0.05, 0.1) is 29.8 Å². The second-order valence-electron chi connectivity index (χ2n) is 8.48. The highest BCUT2D eigenvalue weighted by molar-refractivity contribution is 5.50. The van der Waals surface area contributed by atoms with E-state index in [0.29, 0.717) is 37.7 Å². The van der Waals surface area contributed by atoms with Gasteiger partial charge in [0.25, 0.3) is 0 Å². The number of pyridine rings is 1. The first-order valence-corrected chi connectivity index (χ1v) is 10.3. The van der Waals surface area contributed by atoms with Gasteiger partial charge in [-0.2, -0.15) is 0 Å². The molecule has 2 aliphatic rings. The number of hydrogen-bond acceptors (Lipinski definition) is 2. The summed E-state index contributed by atoms with van der Waals surface area (Å²) in [5.41, 5.74) is 3.31. The molecular formula is C23H23F3N2O. The quantitative estimate of drug-likeness (QED) is 0.576. The number of fused-ring (bicyclic) bond motifs is 1. The van der Waals surface area contributed by atoms with Crippen molar-refractivity contribution in [2.75, 3.05) is 0 Å². The van der Waals surface area contributed by atoms with E-state index >= 15 is 0 Å². The summed E-state index contributed by atoms with van der Waals surface area (Å²) in [6, 6.07) is 5.77. The van der Waals surface area contributed by atoms with Gasteiger partial charge in [-0.1, -0.05) is 6.07 Å². The van der Waals surface area contributed by atoms with Gasteiger partial charge in [-0.05, 0) is 79.5 Å². The third-order valence-electron chi connectivity index (χ3n) is 6.65. The largest absolute Gasteiger partial charge is 0.387 e. The molecule has 0 bridgehead atoms. The van der Waals surface area contributed by atoms with E-state index in [1.54, 1.807) is 12.5 Å². The molecule has 3 aromatic rings. The minimum Gasteiger partial charge on any atom is -0.387 e. The summed E-state index contributed by atoms with van der Waals surface area (Å²) in [4.78, 5) is 4.23. The molecule has 3 nitrogen and oxygen atoms in total. The molecule has 1 atom stereocenters. The summed E-state index contributed by atoms with van der Waals surface area (Å²) >= 11 is 0. The Morgan fingerprint density at radius 3 is 2.24 bits per heavy atom. The van der Waals surface area contributed by atoms with E-state index in [2.05, 4.69) is 11.1 Å². The maximum atomic E-state index is 14.2. The highest BCUT2D eigenvalue weighted by Gasteiger charge is 2.35. The van der Waals surface area contributed by atoms with Crippen LogP contribution < -0.4 is 0 Å². The molecule has 0 spiro atoms. The fraction of sp³-hybridized carbons (Fsp3) is 0.435. The first kappa shape index (κ1) is 18.7. The number of aliphatic hydroxyl groups is 1. The van der Waals surface area contributed by atoms with Gasteiger partial charge in [-0.15, -0.1) is 0 Å². The molecule has 5 rings (SSSR count). The fourth-order valence-electron chi connectivity index (χ4n) is 4.90. The van der Waals surface area contributed by atoms with E-state index in [1.165, 1.54) is 5.56 Å². The normalized spacial score (nSPS) is 23.4. The topological polar surface area (TPSA) is 37.5 Å². The van der Waals surface area contributed by atoms with Gasteiger partial charge in [0.2, 0.25) is 0 Å². The number of halogens is 3. The lowest BCUT2D eigenvalue weighted by Gasteiger charge is -2.33. The number of nitrogens with zero attached hydrogens (tertiary/aromatic N) is 2. The Balaban J connectivity index is 1.38. The Morgan fingerprint density at radius 1 is 0.862 bits per heavy atom. The molecule has 0 saturated heterocycles. The first-order valence-electron chi connectivity index (χ1n) is 10.3.